The predicted molar refractivity (Wildman–Crippen MR) is 65.9 cm³/mol. The van der Waals surface area contributed by atoms with E-state index in [9.17, 15) is 19.1 Å². The molecule has 0 aromatic heterocycles. The van der Waals surface area contributed by atoms with Crippen LogP contribution >= 0.6 is 0 Å². The first-order valence-electron chi connectivity index (χ1n) is 5.46. The number of nitrogens with one attached hydrogen (secondary N) is 1. The van der Waals surface area contributed by atoms with Crippen molar-refractivity contribution >= 4 is 17.6 Å². The van der Waals surface area contributed by atoms with Crippen molar-refractivity contribution in [3.05, 3.63) is 29.1 Å². The molecule has 1 aromatic carbocycles. The minimum Gasteiger partial charge on any atom is -0.467 e. The molecule has 4 N–H and O–H groups in total. The number of halogens is 1. The Morgan fingerprint density at radius 2 is 2.16 bits per heavy atom. The molecule has 0 aliphatic rings. The lowest BCUT2D eigenvalue weighted by Gasteiger charge is -2.11. The van der Waals surface area contributed by atoms with Gasteiger partial charge in [-0.05, 0) is 24.6 Å². The van der Waals surface area contributed by atoms with Crippen LogP contribution in [0.15, 0.2) is 12.1 Å². The van der Waals surface area contributed by atoms with Gasteiger partial charge in [0.15, 0.2) is 6.10 Å². The highest BCUT2D eigenvalue weighted by atomic mass is 19.1. The van der Waals surface area contributed by atoms with Crippen LogP contribution < -0.4 is 11.1 Å². The normalized spacial score (nSPS) is 11.8. The Morgan fingerprint density at radius 1 is 1.53 bits per heavy atom. The van der Waals surface area contributed by atoms with Gasteiger partial charge in [0.1, 0.15) is 5.82 Å². The molecule has 0 radical (unpaired) electrons. The number of benzene rings is 1. The summed E-state index contributed by atoms with van der Waals surface area (Å²) in [7, 11) is 1.11. The Labute approximate surface area is 109 Å². The van der Waals surface area contributed by atoms with Gasteiger partial charge < -0.3 is 20.9 Å². The number of amides is 1. The van der Waals surface area contributed by atoms with Crippen LogP contribution in [0.25, 0.3) is 0 Å². The summed E-state index contributed by atoms with van der Waals surface area (Å²) in [6, 6.07) is 2.58. The van der Waals surface area contributed by atoms with Gasteiger partial charge in [-0.25, -0.2) is 9.18 Å². The van der Waals surface area contributed by atoms with Crippen molar-refractivity contribution < 1.29 is 23.8 Å². The Hall–Kier alpha value is -2.15. The van der Waals surface area contributed by atoms with E-state index < -0.39 is 23.8 Å². The van der Waals surface area contributed by atoms with E-state index in [1.54, 1.807) is 0 Å². The molecular weight excluding hydrogens is 255 g/mol. The standard InChI is InChI=1S/C12H15FN2O4/c1-6-3-7(14)4-8(10(6)13)11(17)15-5-9(16)12(18)19-2/h3-4,9,16H,5,14H2,1-2H3,(H,15,17). The fraction of sp³-hybridized carbons (Fsp3) is 0.333. The van der Waals surface area contributed by atoms with Crippen LogP contribution in [0.4, 0.5) is 10.1 Å². The van der Waals surface area contributed by atoms with E-state index in [-0.39, 0.29) is 23.4 Å². The van der Waals surface area contributed by atoms with Crippen molar-refractivity contribution in [3.8, 4) is 0 Å². The number of nitrogens with two attached hydrogens (primary N) is 1. The molecule has 1 amide bonds. The molecule has 0 bridgehead atoms. The summed E-state index contributed by atoms with van der Waals surface area (Å²) in [4.78, 5) is 22.6. The monoisotopic (exact) mass is 270 g/mol. The number of anilines is 1. The van der Waals surface area contributed by atoms with Crippen LogP contribution in [0.5, 0.6) is 0 Å². The van der Waals surface area contributed by atoms with Crippen LogP contribution in [0, 0.1) is 12.7 Å². The lowest BCUT2D eigenvalue weighted by molar-refractivity contribution is -0.149. The molecule has 6 nitrogen and oxygen atoms in total. The molecule has 1 aromatic rings. The fourth-order valence-electron chi connectivity index (χ4n) is 1.47. The van der Waals surface area contributed by atoms with Crippen LogP contribution in [0.3, 0.4) is 0 Å². The van der Waals surface area contributed by atoms with Gasteiger partial charge in [0.2, 0.25) is 0 Å². The van der Waals surface area contributed by atoms with Gasteiger partial charge in [0.25, 0.3) is 5.91 Å². The van der Waals surface area contributed by atoms with Gasteiger partial charge in [-0.3, -0.25) is 4.79 Å². The number of aliphatic hydroxyl groups excluding tert-OH is 1. The first kappa shape index (κ1) is 14.9. The van der Waals surface area contributed by atoms with Crippen molar-refractivity contribution in [1.29, 1.82) is 0 Å². The number of esters is 1. The molecule has 0 fully saturated rings. The second-order valence-electron chi connectivity index (χ2n) is 3.95. The zero-order chi connectivity index (χ0) is 14.6. The molecule has 0 spiro atoms. The molecule has 1 unspecified atom stereocenters. The number of carbonyl (C=O) groups excluding carboxylic acids is 2. The number of carbonyl (C=O) groups is 2. The largest absolute Gasteiger partial charge is 0.467 e. The highest BCUT2D eigenvalue weighted by Crippen LogP contribution is 2.16. The van der Waals surface area contributed by atoms with Crippen molar-refractivity contribution in [2.45, 2.75) is 13.0 Å². The number of methoxy groups -OCH3 is 1. The molecule has 0 aliphatic carbocycles. The molecule has 0 saturated heterocycles. The molecule has 7 heteroatoms. The van der Waals surface area contributed by atoms with E-state index in [0.29, 0.717) is 0 Å². The predicted octanol–water partition coefficient (Wildman–Crippen LogP) is -0.0200. The zero-order valence-corrected chi connectivity index (χ0v) is 10.6. The van der Waals surface area contributed by atoms with Gasteiger partial charge in [-0.15, -0.1) is 0 Å². The maximum Gasteiger partial charge on any atom is 0.336 e. The van der Waals surface area contributed by atoms with Gasteiger partial charge in [-0.1, -0.05) is 0 Å². The summed E-state index contributed by atoms with van der Waals surface area (Å²) in [5.41, 5.74) is 5.76. The number of hydrogen-bond donors (Lipinski definition) is 3. The van der Waals surface area contributed by atoms with Crippen molar-refractivity contribution in [2.75, 3.05) is 19.4 Å². The Morgan fingerprint density at radius 3 is 2.74 bits per heavy atom. The number of hydrogen-bond acceptors (Lipinski definition) is 5. The van der Waals surface area contributed by atoms with Gasteiger partial charge in [-0.2, -0.15) is 0 Å². The number of rotatable bonds is 4. The average molecular weight is 270 g/mol. The second-order valence-corrected chi connectivity index (χ2v) is 3.95. The Balaban J connectivity index is 2.77. The highest BCUT2D eigenvalue weighted by Gasteiger charge is 2.19. The summed E-state index contributed by atoms with van der Waals surface area (Å²) >= 11 is 0. The van der Waals surface area contributed by atoms with Gasteiger partial charge in [0, 0.05) is 5.69 Å². The SMILES string of the molecule is COC(=O)C(O)CNC(=O)c1cc(N)cc(C)c1F. The topological polar surface area (TPSA) is 102 Å². The van der Waals surface area contributed by atoms with Gasteiger partial charge in [0.05, 0.1) is 19.2 Å². The molecule has 1 atom stereocenters. The van der Waals surface area contributed by atoms with Crippen LogP contribution in [0.2, 0.25) is 0 Å². The summed E-state index contributed by atoms with van der Waals surface area (Å²) in [6.45, 7) is 1.10. The van der Waals surface area contributed by atoms with E-state index in [1.165, 1.54) is 19.1 Å². The average Bonchev–Trinajstić information content (AvgIpc) is 2.38. The summed E-state index contributed by atoms with van der Waals surface area (Å²) in [5, 5.41) is 11.5. The molecule has 19 heavy (non-hydrogen) atoms. The smallest absolute Gasteiger partial charge is 0.336 e. The zero-order valence-electron chi connectivity index (χ0n) is 10.6. The molecule has 104 valence electrons. The van der Waals surface area contributed by atoms with E-state index in [1.807, 2.05) is 0 Å². The maximum atomic E-state index is 13.7. The Kier molecular flexibility index (Phi) is 4.82. The fourth-order valence-corrected chi connectivity index (χ4v) is 1.47. The lowest BCUT2D eigenvalue weighted by Crippen LogP contribution is -2.37. The van der Waals surface area contributed by atoms with Crippen molar-refractivity contribution in [1.82, 2.24) is 5.32 Å². The lowest BCUT2D eigenvalue weighted by atomic mass is 10.1. The van der Waals surface area contributed by atoms with E-state index >= 15 is 0 Å². The van der Waals surface area contributed by atoms with Crippen molar-refractivity contribution in [3.63, 3.8) is 0 Å². The first-order chi connectivity index (χ1) is 8.86. The quantitative estimate of drug-likeness (QED) is 0.527. The molecule has 1 rings (SSSR count). The third-order valence-electron chi connectivity index (χ3n) is 2.45. The minimum atomic E-state index is -1.50. The summed E-state index contributed by atoms with van der Waals surface area (Å²) in [5.74, 6) is -2.35. The maximum absolute atomic E-state index is 13.7. The van der Waals surface area contributed by atoms with E-state index in [2.05, 4.69) is 10.1 Å². The van der Waals surface area contributed by atoms with Crippen LogP contribution in [0.1, 0.15) is 15.9 Å². The third-order valence-corrected chi connectivity index (χ3v) is 2.45. The Bertz CT molecular complexity index is 505. The third kappa shape index (κ3) is 3.65. The minimum absolute atomic E-state index is 0.235. The number of nitrogen functional groups attached to an aromatic ring is 1. The molecule has 0 saturated carbocycles. The molecular formula is C12H15FN2O4. The number of aliphatic hydroxyl groups is 1. The van der Waals surface area contributed by atoms with Gasteiger partial charge >= 0.3 is 5.97 Å². The number of aryl methyl sites for hydroxylation is 1. The van der Waals surface area contributed by atoms with Crippen LogP contribution in [-0.4, -0.2) is 36.7 Å². The van der Waals surface area contributed by atoms with Crippen molar-refractivity contribution in [2.24, 2.45) is 0 Å². The summed E-state index contributed by atoms with van der Waals surface area (Å²) in [6.07, 6.45) is -1.50. The molecule has 0 heterocycles. The van der Waals surface area contributed by atoms with Crippen LogP contribution in [-0.2, 0) is 9.53 Å². The molecule has 0 aliphatic heterocycles. The first-order valence-corrected chi connectivity index (χ1v) is 5.46. The summed E-state index contributed by atoms with van der Waals surface area (Å²) < 4.78 is 18.0. The van der Waals surface area contributed by atoms with E-state index in [4.69, 9.17) is 5.73 Å². The van der Waals surface area contributed by atoms with E-state index in [0.717, 1.165) is 7.11 Å². The second kappa shape index (κ2) is 6.14. The number of ether oxygens (including phenoxy) is 1. The highest BCUT2D eigenvalue weighted by molar-refractivity contribution is 5.95.